The van der Waals surface area contributed by atoms with Crippen molar-refractivity contribution in [1.82, 2.24) is 0 Å². The molecule has 0 aromatic heterocycles. The van der Waals surface area contributed by atoms with E-state index in [0.29, 0.717) is 58.6 Å². The summed E-state index contributed by atoms with van der Waals surface area (Å²) in [4.78, 5) is 26.4. The minimum absolute atomic E-state index is 0.00833. The van der Waals surface area contributed by atoms with E-state index < -0.39 is 10.4 Å². The van der Waals surface area contributed by atoms with Crippen LogP contribution >= 0.6 is 0 Å². The maximum Gasteiger partial charge on any atom is 0.394 e. The molecule has 0 amide bonds. The Morgan fingerprint density at radius 2 is 1.05 bits per heavy atom. The molecule has 350 valence electrons. The largest absolute Gasteiger partial charge is 0.508 e. The molecule has 0 radical (unpaired) electrons. The van der Waals surface area contributed by atoms with E-state index >= 15 is 0 Å². The highest BCUT2D eigenvalue weighted by molar-refractivity contribution is 7.79. The first-order chi connectivity index (χ1) is 29.2. The zero-order valence-corrected chi connectivity index (χ0v) is 40.8. The Balaban J connectivity index is 0.000000161. The van der Waals surface area contributed by atoms with Crippen LogP contribution < -0.4 is 0 Å². The molecule has 0 aliphatic heterocycles. The van der Waals surface area contributed by atoms with Crippen molar-refractivity contribution in [3.8, 4) is 11.5 Å². The quantitative estimate of drug-likeness (QED) is 0.184. The summed E-state index contributed by atoms with van der Waals surface area (Å²) in [5, 5.41) is 29.1. The lowest BCUT2D eigenvalue weighted by Crippen LogP contribution is -2.55. The van der Waals surface area contributed by atoms with Gasteiger partial charge in [0, 0.05) is 35.3 Å². The number of rotatable bonds is 2. The second-order valence-corrected chi connectivity index (χ2v) is 24.2. The first kappa shape index (κ1) is 48.2. The first-order valence-corrected chi connectivity index (χ1v) is 25.8. The number of aryl methyl sites for hydroxylation is 1. The van der Waals surface area contributed by atoms with Crippen molar-refractivity contribution in [2.45, 2.75) is 201 Å². The van der Waals surface area contributed by atoms with Crippen LogP contribution in [-0.2, 0) is 43.7 Å². The number of carbonyl (C=O) groups excluding carboxylic acids is 2. The predicted molar refractivity (Wildman–Crippen MR) is 248 cm³/mol. The summed E-state index contributed by atoms with van der Waals surface area (Å²) >= 11 is 0. The molecule has 6 saturated carbocycles. The summed E-state index contributed by atoms with van der Waals surface area (Å²) in [6.07, 6.45) is 17.6. The summed E-state index contributed by atoms with van der Waals surface area (Å²) in [5.41, 5.74) is 8.84. The Morgan fingerprint density at radius 1 is 0.587 bits per heavy atom. The lowest BCUT2D eigenvalue weighted by atomic mass is 9.46. The zero-order chi connectivity index (χ0) is 46.5. The number of benzene rings is 2. The topological polar surface area (TPSA) is 169 Å². The van der Waals surface area contributed by atoms with Gasteiger partial charge in [-0.3, -0.25) is 18.7 Å². The van der Waals surface area contributed by atoms with Crippen LogP contribution in [-0.4, -0.2) is 50.5 Å². The highest BCUT2D eigenvalue weighted by Crippen LogP contribution is 2.75. The van der Waals surface area contributed by atoms with Crippen LogP contribution in [0.2, 0.25) is 0 Å². The molecule has 8 aliphatic rings. The molecule has 2 aromatic carbocycles. The highest BCUT2D eigenvalue weighted by Gasteiger charge is 2.71. The Labute approximate surface area is 378 Å². The Bertz CT molecular complexity index is 2220. The van der Waals surface area contributed by atoms with Gasteiger partial charge in [0.05, 0.1) is 0 Å². The summed E-state index contributed by atoms with van der Waals surface area (Å²) in [6.45, 7) is 22.1. The monoisotopic (exact) mass is 891 g/mol. The molecular weight excluding hydrogens is 813 g/mol. The second-order valence-electron chi connectivity index (χ2n) is 23.3. The van der Waals surface area contributed by atoms with Gasteiger partial charge in [0.15, 0.2) is 0 Å². The van der Waals surface area contributed by atoms with Gasteiger partial charge in [-0.15, -0.1) is 0 Å². The van der Waals surface area contributed by atoms with Gasteiger partial charge in [-0.1, -0.05) is 67.5 Å². The van der Waals surface area contributed by atoms with E-state index in [4.69, 9.17) is 22.6 Å². The number of fused-ring (bicyclic) bond motifs is 8. The standard InChI is InChI=1S/C28H40O2.C22H28O2.C3H8O.H2O4S/c1-16(2)19-15-22-18(24(17(3)4)25(19)30)7-8-20-21-9-11-26(5)12-10-23(29)28(21,26)14-13-27(20,22)6;1-20-9-7-18-17-5-3-14-13-15(23)4-6-16(14)21(17,2)11-12-22(18,20)19(24)8-10-20;1-3(2)4;1-5(2,3)4/h15-17,20-21,30H,7-14H2,1-6H3;4,6,13,17-18,23H,3,5,7-12H2,1-2H3;3-4H,1-2H3;(H2,1,2,3,4)/t20?,21?,26-,27-,28+;17?,18?,20-,21+,22+;;/m00../s1. The fourth-order valence-electron chi connectivity index (χ4n) is 16.6. The summed E-state index contributed by atoms with van der Waals surface area (Å²) in [5.74, 6) is 5.15. The third-order valence-corrected chi connectivity index (χ3v) is 19.3. The van der Waals surface area contributed by atoms with Crippen molar-refractivity contribution in [3.63, 3.8) is 0 Å². The van der Waals surface area contributed by atoms with Gasteiger partial charge < -0.3 is 15.3 Å². The molecule has 0 saturated heterocycles. The SMILES string of the molecule is CC(C)O.CC(C)c1cc2c(c(C(C)C)c1O)CCC1C3CC[C@@]4(C)CCC(=O)[C@@]34CC[C@]21C.C[C@]12CCC(=O)[C@]13CC[C@]1(C)c4ccc(O)cc4CCC1C3CC2.O=S(=O)(O)O. The third kappa shape index (κ3) is 7.55. The Hall–Kier alpha value is -2.79. The molecule has 2 aromatic rings. The van der Waals surface area contributed by atoms with Crippen LogP contribution in [0.5, 0.6) is 11.5 Å². The van der Waals surface area contributed by atoms with E-state index in [1.54, 1.807) is 13.8 Å². The molecule has 0 heterocycles. The Kier molecular flexibility index (Phi) is 12.6. The number of hydrogen-bond donors (Lipinski definition) is 5. The maximum atomic E-state index is 13.3. The molecular formula is C53H78O9S. The Morgan fingerprint density at radius 3 is 1.51 bits per heavy atom. The van der Waals surface area contributed by atoms with Gasteiger partial charge in [-0.05, 0) is 201 Å². The normalized spacial score (nSPS) is 38.0. The van der Waals surface area contributed by atoms with Crippen molar-refractivity contribution >= 4 is 22.0 Å². The van der Waals surface area contributed by atoms with Crippen LogP contribution in [0.1, 0.15) is 204 Å². The average Bonchev–Trinajstić information content (AvgIpc) is 3.82. The molecule has 10 atom stereocenters. The zero-order valence-electron chi connectivity index (χ0n) is 39.9. The highest BCUT2D eigenvalue weighted by atomic mass is 32.3. The van der Waals surface area contributed by atoms with Crippen LogP contribution in [0.25, 0.3) is 0 Å². The van der Waals surface area contributed by atoms with Crippen LogP contribution in [0.15, 0.2) is 24.3 Å². The molecule has 2 spiro atoms. The number of hydrogen-bond acceptors (Lipinski definition) is 7. The average molecular weight is 891 g/mol. The van der Waals surface area contributed by atoms with Gasteiger partial charge in [-0.2, -0.15) is 8.42 Å². The number of aliphatic hydroxyl groups excluding tert-OH is 1. The maximum absolute atomic E-state index is 13.3. The number of ketones is 2. The number of phenolic OH excluding ortho intramolecular Hbond substituents is 2. The number of aromatic hydroxyl groups is 2. The van der Waals surface area contributed by atoms with Crippen molar-refractivity contribution in [2.75, 3.05) is 0 Å². The van der Waals surface area contributed by atoms with Crippen molar-refractivity contribution in [3.05, 3.63) is 57.6 Å². The van der Waals surface area contributed by atoms with Crippen molar-refractivity contribution in [1.29, 1.82) is 0 Å². The van der Waals surface area contributed by atoms with Gasteiger partial charge >= 0.3 is 10.4 Å². The smallest absolute Gasteiger partial charge is 0.394 e. The molecule has 10 rings (SSSR count). The number of aliphatic hydroxyl groups is 1. The van der Waals surface area contributed by atoms with Crippen LogP contribution in [0.3, 0.4) is 0 Å². The van der Waals surface area contributed by atoms with Crippen LogP contribution in [0.4, 0.5) is 0 Å². The van der Waals surface area contributed by atoms with Gasteiger partial charge in [0.2, 0.25) is 0 Å². The first-order valence-electron chi connectivity index (χ1n) is 24.4. The summed E-state index contributed by atoms with van der Waals surface area (Å²) in [7, 11) is -4.67. The molecule has 9 nitrogen and oxygen atoms in total. The number of Topliss-reactive ketones (excluding diaryl/α,β-unsaturated/α-hetero) is 2. The molecule has 4 unspecified atom stereocenters. The minimum atomic E-state index is -4.67. The van der Waals surface area contributed by atoms with E-state index in [2.05, 4.69) is 67.5 Å². The molecule has 0 bridgehead atoms. The van der Waals surface area contributed by atoms with E-state index in [9.17, 15) is 19.8 Å². The second kappa shape index (κ2) is 16.5. The van der Waals surface area contributed by atoms with Crippen molar-refractivity contribution in [2.24, 2.45) is 45.3 Å². The van der Waals surface area contributed by atoms with Crippen molar-refractivity contribution < 1.29 is 42.4 Å². The number of carbonyl (C=O) groups is 2. The van der Waals surface area contributed by atoms with E-state index in [-0.39, 0.29) is 38.6 Å². The van der Waals surface area contributed by atoms with Gasteiger partial charge in [0.1, 0.15) is 23.1 Å². The van der Waals surface area contributed by atoms with Crippen LogP contribution in [0, 0.1) is 45.3 Å². The molecule has 8 aliphatic carbocycles. The third-order valence-electron chi connectivity index (χ3n) is 19.3. The summed E-state index contributed by atoms with van der Waals surface area (Å²) in [6, 6.07) is 8.37. The minimum Gasteiger partial charge on any atom is -0.508 e. The van der Waals surface area contributed by atoms with E-state index in [1.807, 2.05) is 12.1 Å². The number of phenols is 2. The molecule has 6 fully saturated rings. The molecule has 63 heavy (non-hydrogen) atoms. The van der Waals surface area contributed by atoms with Gasteiger partial charge in [0.25, 0.3) is 0 Å². The predicted octanol–water partition coefficient (Wildman–Crippen LogP) is 11.5. The lowest BCUT2D eigenvalue weighted by Gasteiger charge is -2.57. The fourth-order valence-corrected chi connectivity index (χ4v) is 16.6. The molecule has 10 heteroatoms. The molecule has 5 N–H and O–H groups in total. The van der Waals surface area contributed by atoms with Gasteiger partial charge in [-0.25, -0.2) is 0 Å². The van der Waals surface area contributed by atoms with E-state index in [1.165, 1.54) is 66.3 Å². The summed E-state index contributed by atoms with van der Waals surface area (Å²) < 4.78 is 31.6. The fraction of sp³-hybridized carbons (Fsp3) is 0.736. The van der Waals surface area contributed by atoms with E-state index in [0.717, 1.165) is 69.8 Å². The lowest BCUT2D eigenvalue weighted by molar-refractivity contribution is -0.140.